The number of hydrogen-bond donors (Lipinski definition) is 2. The second-order valence-electron chi connectivity index (χ2n) is 7.24. The van der Waals surface area contributed by atoms with E-state index in [0.717, 1.165) is 45.2 Å². The number of carbonyl (C=O) groups excluding carboxylic acids is 1. The molecule has 0 spiro atoms. The average molecular weight is 366 g/mol. The van der Waals surface area contributed by atoms with Crippen LogP contribution in [0.3, 0.4) is 0 Å². The number of benzene rings is 1. The van der Waals surface area contributed by atoms with E-state index in [9.17, 15) is 13.6 Å². The zero-order valence-corrected chi connectivity index (χ0v) is 15.1. The van der Waals surface area contributed by atoms with Gasteiger partial charge in [0.25, 0.3) is 0 Å². The van der Waals surface area contributed by atoms with Crippen molar-refractivity contribution < 1.29 is 13.6 Å². The van der Waals surface area contributed by atoms with Crippen LogP contribution < -0.4 is 15.5 Å². The van der Waals surface area contributed by atoms with E-state index in [1.54, 1.807) is 6.07 Å². The lowest BCUT2D eigenvalue weighted by atomic mass is 10.1. The van der Waals surface area contributed by atoms with Gasteiger partial charge in [0.2, 0.25) is 0 Å². The molecule has 2 aliphatic rings. The molecule has 144 valence electrons. The number of piperidine rings is 1. The van der Waals surface area contributed by atoms with Crippen LogP contribution in [-0.2, 0) is 0 Å². The first kappa shape index (κ1) is 18.9. The lowest BCUT2D eigenvalue weighted by molar-refractivity contribution is 0.220. The maximum Gasteiger partial charge on any atom is 0.314 e. The number of nitrogens with zero attached hydrogens (tertiary/aromatic N) is 2. The zero-order chi connectivity index (χ0) is 18.4. The second-order valence-corrected chi connectivity index (χ2v) is 7.24. The highest BCUT2D eigenvalue weighted by Crippen LogP contribution is 2.24. The maximum atomic E-state index is 13.4. The van der Waals surface area contributed by atoms with Crippen LogP contribution in [-0.4, -0.2) is 56.7 Å². The average Bonchev–Trinajstić information content (AvgIpc) is 3.12. The Morgan fingerprint density at radius 1 is 1.08 bits per heavy atom. The SMILES string of the molecule is O=C(NCCN1CCCCC1)NC[C@@H]1CCN(c2ccc(F)c(F)c2)C1. The summed E-state index contributed by atoms with van der Waals surface area (Å²) in [6, 6.07) is 3.86. The molecule has 2 N–H and O–H groups in total. The van der Waals surface area contributed by atoms with Crippen LogP contribution in [0.15, 0.2) is 18.2 Å². The molecule has 0 aliphatic carbocycles. The first-order valence-electron chi connectivity index (χ1n) is 9.56. The fourth-order valence-electron chi connectivity index (χ4n) is 3.73. The first-order valence-corrected chi connectivity index (χ1v) is 9.56. The summed E-state index contributed by atoms with van der Waals surface area (Å²) in [5.41, 5.74) is 0.692. The molecule has 0 bridgehead atoms. The monoisotopic (exact) mass is 366 g/mol. The lowest BCUT2D eigenvalue weighted by Gasteiger charge is -2.26. The minimum atomic E-state index is -0.826. The third-order valence-electron chi connectivity index (χ3n) is 5.27. The van der Waals surface area contributed by atoms with E-state index in [1.807, 2.05) is 4.90 Å². The fraction of sp³-hybridized carbons (Fsp3) is 0.632. The molecule has 2 fully saturated rings. The van der Waals surface area contributed by atoms with E-state index < -0.39 is 11.6 Å². The Balaban J connectivity index is 1.33. The van der Waals surface area contributed by atoms with Gasteiger partial charge in [-0.3, -0.25) is 0 Å². The van der Waals surface area contributed by atoms with Crippen molar-refractivity contribution in [3.8, 4) is 0 Å². The Morgan fingerprint density at radius 3 is 2.65 bits per heavy atom. The molecule has 26 heavy (non-hydrogen) atoms. The predicted octanol–water partition coefficient (Wildman–Crippen LogP) is 2.58. The van der Waals surface area contributed by atoms with Gasteiger partial charge in [0, 0.05) is 44.5 Å². The second kappa shape index (κ2) is 9.16. The summed E-state index contributed by atoms with van der Waals surface area (Å²) >= 11 is 0. The summed E-state index contributed by atoms with van der Waals surface area (Å²) in [5, 5.41) is 5.84. The normalized spacial score (nSPS) is 21.0. The molecule has 2 amide bonds. The standard InChI is InChI=1S/C19H28F2N4O/c20-17-5-4-16(12-18(17)21)25-10-6-15(14-25)13-23-19(26)22-7-11-24-8-2-1-3-9-24/h4-5,12,15H,1-3,6-11,13-14H2,(H2,22,23,26)/t15-/m0/s1. The number of nitrogens with one attached hydrogen (secondary N) is 2. The van der Waals surface area contributed by atoms with Crippen LogP contribution >= 0.6 is 0 Å². The highest BCUT2D eigenvalue weighted by atomic mass is 19.2. The minimum absolute atomic E-state index is 0.131. The molecule has 2 heterocycles. The van der Waals surface area contributed by atoms with Crippen molar-refractivity contribution in [2.45, 2.75) is 25.7 Å². The Morgan fingerprint density at radius 2 is 1.88 bits per heavy atom. The van der Waals surface area contributed by atoms with E-state index in [0.29, 0.717) is 24.7 Å². The van der Waals surface area contributed by atoms with Gasteiger partial charge in [0.05, 0.1) is 0 Å². The van der Waals surface area contributed by atoms with E-state index in [1.165, 1.54) is 25.3 Å². The summed E-state index contributed by atoms with van der Waals surface area (Å²) < 4.78 is 26.4. The van der Waals surface area contributed by atoms with E-state index in [-0.39, 0.29) is 6.03 Å². The van der Waals surface area contributed by atoms with Crippen molar-refractivity contribution in [1.29, 1.82) is 0 Å². The third kappa shape index (κ3) is 5.30. The molecule has 0 radical (unpaired) electrons. The predicted molar refractivity (Wildman–Crippen MR) is 98.4 cm³/mol. The number of urea groups is 1. The fourth-order valence-corrected chi connectivity index (χ4v) is 3.73. The molecule has 2 saturated heterocycles. The van der Waals surface area contributed by atoms with E-state index in [2.05, 4.69) is 15.5 Å². The van der Waals surface area contributed by atoms with E-state index >= 15 is 0 Å². The molecule has 0 saturated carbocycles. The van der Waals surface area contributed by atoms with Crippen LogP contribution in [0.1, 0.15) is 25.7 Å². The highest BCUT2D eigenvalue weighted by Gasteiger charge is 2.23. The molecule has 2 aliphatic heterocycles. The van der Waals surface area contributed by atoms with Crippen molar-refractivity contribution in [3.63, 3.8) is 0 Å². The number of carbonyl (C=O) groups is 1. The topological polar surface area (TPSA) is 47.6 Å². The third-order valence-corrected chi connectivity index (χ3v) is 5.27. The van der Waals surface area contributed by atoms with Gasteiger partial charge in [-0.05, 0) is 50.4 Å². The van der Waals surface area contributed by atoms with Gasteiger partial charge in [-0.2, -0.15) is 0 Å². The minimum Gasteiger partial charge on any atom is -0.371 e. The van der Waals surface area contributed by atoms with Gasteiger partial charge >= 0.3 is 6.03 Å². The van der Waals surface area contributed by atoms with E-state index in [4.69, 9.17) is 0 Å². The molecule has 5 nitrogen and oxygen atoms in total. The van der Waals surface area contributed by atoms with Crippen LogP contribution in [0.2, 0.25) is 0 Å². The van der Waals surface area contributed by atoms with Crippen molar-refractivity contribution in [2.24, 2.45) is 5.92 Å². The molecule has 1 aromatic carbocycles. The molecule has 0 unspecified atom stereocenters. The van der Waals surface area contributed by atoms with Crippen molar-refractivity contribution in [2.75, 3.05) is 50.7 Å². The summed E-state index contributed by atoms with van der Waals surface area (Å²) in [4.78, 5) is 16.3. The molecule has 7 heteroatoms. The van der Waals surface area contributed by atoms with Gasteiger partial charge in [-0.25, -0.2) is 13.6 Å². The van der Waals surface area contributed by atoms with Crippen molar-refractivity contribution in [3.05, 3.63) is 29.8 Å². The number of rotatable bonds is 6. The van der Waals surface area contributed by atoms with Crippen LogP contribution in [0.25, 0.3) is 0 Å². The number of hydrogen-bond acceptors (Lipinski definition) is 3. The van der Waals surface area contributed by atoms with Gasteiger partial charge in [0.1, 0.15) is 0 Å². The Bertz CT molecular complexity index is 607. The zero-order valence-electron chi connectivity index (χ0n) is 15.1. The molecule has 3 rings (SSSR count). The number of halogens is 2. The Hall–Kier alpha value is -1.89. The van der Waals surface area contributed by atoms with Crippen LogP contribution in [0.4, 0.5) is 19.3 Å². The molecular formula is C19H28F2N4O. The summed E-state index contributed by atoms with van der Waals surface area (Å²) in [6.45, 7) is 5.94. The molecule has 1 atom stereocenters. The molecule has 0 aromatic heterocycles. The van der Waals surface area contributed by atoms with Crippen LogP contribution in [0, 0.1) is 17.6 Å². The summed E-state index contributed by atoms with van der Waals surface area (Å²) in [5.74, 6) is -1.33. The largest absolute Gasteiger partial charge is 0.371 e. The van der Waals surface area contributed by atoms with Crippen molar-refractivity contribution in [1.82, 2.24) is 15.5 Å². The van der Waals surface area contributed by atoms with Gasteiger partial charge in [0.15, 0.2) is 11.6 Å². The number of amides is 2. The molecule has 1 aromatic rings. The number of anilines is 1. The summed E-state index contributed by atoms with van der Waals surface area (Å²) in [7, 11) is 0. The first-order chi connectivity index (χ1) is 12.6. The quantitative estimate of drug-likeness (QED) is 0.814. The van der Waals surface area contributed by atoms with Crippen LogP contribution in [0.5, 0.6) is 0 Å². The highest BCUT2D eigenvalue weighted by molar-refractivity contribution is 5.73. The molecular weight excluding hydrogens is 338 g/mol. The Labute approximate surface area is 153 Å². The number of likely N-dealkylation sites (tertiary alicyclic amines) is 1. The maximum absolute atomic E-state index is 13.4. The van der Waals surface area contributed by atoms with Gasteiger partial charge < -0.3 is 20.4 Å². The van der Waals surface area contributed by atoms with Gasteiger partial charge in [-0.1, -0.05) is 6.42 Å². The summed E-state index contributed by atoms with van der Waals surface area (Å²) in [6.07, 6.45) is 4.74. The smallest absolute Gasteiger partial charge is 0.314 e. The lowest BCUT2D eigenvalue weighted by Crippen LogP contribution is -2.43. The van der Waals surface area contributed by atoms with Gasteiger partial charge in [-0.15, -0.1) is 0 Å². The van der Waals surface area contributed by atoms with Crippen molar-refractivity contribution >= 4 is 11.7 Å². The Kier molecular flexibility index (Phi) is 6.66.